The predicted molar refractivity (Wildman–Crippen MR) is 53.4 cm³/mol. The third-order valence-corrected chi connectivity index (χ3v) is 3.56. The Morgan fingerprint density at radius 2 is 2.27 bits per heavy atom. The van der Waals surface area contributed by atoms with Crippen LogP contribution in [0, 0.1) is 11.8 Å². The third-order valence-electron chi connectivity index (χ3n) is 3.56. The van der Waals surface area contributed by atoms with E-state index < -0.39 is 5.97 Å². The minimum Gasteiger partial charge on any atom is -0.387 e. The molecule has 4 aliphatic rings. The number of aliphatic hydroxyl groups is 1. The van der Waals surface area contributed by atoms with Gasteiger partial charge in [-0.2, -0.15) is 4.99 Å². The molecule has 2 unspecified atom stereocenters. The fourth-order valence-corrected chi connectivity index (χ4v) is 2.74. The van der Waals surface area contributed by atoms with Crippen molar-refractivity contribution in [3.05, 3.63) is 0 Å². The Hall–Kier alpha value is -0.690. The molecule has 0 aromatic carbocycles. The second-order valence-electron chi connectivity index (χ2n) is 4.62. The molecule has 4 N–H and O–H groups in total. The van der Waals surface area contributed by atoms with Crippen LogP contribution in [0.3, 0.4) is 0 Å². The molecule has 0 spiro atoms. The van der Waals surface area contributed by atoms with E-state index >= 15 is 0 Å². The standard InChI is InChI=1S/C9H16N4O2/c10-9(14)11-8(15-12-9)7-5-13-3-1-6(7)2-4-13/h6-7,12,14H,1-5,10H2. The van der Waals surface area contributed by atoms with E-state index in [4.69, 9.17) is 10.6 Å². The van der Waals surface area contributed by atoms with Crippen LogP contribution in [-0.2, 0) is 4.84 Å². The first-order valence-corrected chi connectivity index (χ1v) is 5.41. The van der Waals surface area contributed by atoms with Crippen LogP contribution in [0.15, 0.2) is 4.99 Å². The number of nitrogens with two attached hydrogens (primary N) is 1. The van der Waals surface area contributed by atoms with Gasteiger partial charge >= 0.3 is 5.97 Å². The van der Waals surface area contributed by atoms with E-state index in [0.29, 0.717) is 11.8 Å². The molecule has 3 fully saturated rings. The Morgan fingerprint density at radius 1 is 1.53 bits per heavy atom. The normalized spacial score (nSPS) is 48.9. The zero-order valence-electron chi connectivity index (χ0n) is 8.52. The van der Waals surface area contributed by atoms with Crippen molar-refractivity contribution < 1.29 is 9.94 Å². The molecule has 2 atom stereocenters. The number of nitrogens with zero attached hydrogens (tertiary/aromatic N) is 2. The fraction of sp³-hybridized carbons (Fsp3) is 0.889. The van der Waals surface area contributed by atoms with Crippen LogP contribution in [0.1, 0.15) is 12.8 Å². The molecule has 6 heteroatoms. The summed E-state index contributed by atoms with van der Waals surface area (Å²) in [7, 11) is 0. The topological polar surface area (TPSA) is 83.1 Å². The molecule has 4 heterocycles. The highest BCUT2D eigenvalue weighted by atomic mass is 16.7. The van der Waals surface area contributed by atoms with Gasteiger partial charge in [0.05, 0.1) is 5.92 Å². The Labute approximate surface area is 88.0 Å². The van der Waals surface area contributed by atoms with Crippen molar-refractivity contribution in [1.82, 2.24) is 10.4 Å². The summed E-state index contributed by atoms with van der Waals surface area (Å²) in [5, 5.41) is 9.41. The smallest absolute Gasteiger partial charge is 0.307 e. The molecule has 2 bridgehead atoms. The van der Waals surface area contributed by atoms with E-state index in [0.717, 1.165) is 6.54 Å². The highest BCUT2D eigenvalue weighted by Crippen LogP contribution is 2.34. The minimum atomic E-state index is -1.73. The van der Waals surface area contributed by atoms with Crippen LogP contribution in [0.2, 0.25) is 0 Å². The van der Waals surface area contributed by atoms with Gasteiger partial charge in [-0.15, -0.1) is 0 Å². The largest absolute Gasteiger partial charge is 0.387 e. The second-order valence-corrected chi connectivity index (χ2v) is 4.62. The lowest BCUT2D eigenvalue weighted by Crippen LogP contribution is -2.50. The SMILES string of the molecule is NC1(O)N=C(C2CN3CCC2CC3)ON1. The van der Waals surface area contributed by atoms with Gasteiger partial charge in [0, 0.05) is 6.54 Å². The van der Waals surface area contributed by atoms with Crippen LogP contribution in [0.25, 0.3) is 0 Å². The molecular weight excluding hydrogens is 196 g/mol. The summed E-state index contributed by atoms with van der Waals surface area (Å²) in [6, 6.07) is 0. The number of fused-ring (bicyclic) bond motifs is 3. The second kappa shape index (κ2) is 3.15. The van der Waals surface area contributed by atoms with Crippen molar-refractivity contribution in [1.29, 1.82) is 0 Å². The minimum absolute atomic E-state index is 0.289. The van der Waals surface area contributed by atoms with Gasteiger partial charge in [-0.25, -0.2) is 0 Å². The van der Waals surface area contributed by atoms with Gasteiger partial charge in [0.1, 0.15) is 0 Å². The number of hydrogen-bond donors (Lipinski definition) is 3. The van der Waals surface area contributed by atoms with Crippen molar-refractivity contribution in [3.8, 4) is 0 Å². The van der Waals surface area contributed by atoms with Gasteiger partial charge in [-0.05, 0) is 31.8 Å². The number of aliphatic imine (C=N–C) groups is 1. The number of piperidine rings is 3. The Bertz CT molecular complexity index is 296. The quantitative estimate of drug-likeness (QED) is 0.477. The zero-order valence-corrected chi connectivity index (χ0v) is 8.52. The molecule has 4 rings (SSSR count). The molecule has 0 aromatic rings. The summed E-state index contributed by atoms with van der Waals surface area (Å²) in [5.74, 6) is -0.252. The number of hydroxylamine groups is 1. The predicted octanol–water partition coefficient (Wildman–Crippen LogP) is -1.18. The monoisotopic (exact) mass is 212 g/mol. The van der Waals surface area contributed by atoms with Gasteiger partial charge in [-0.1, -0.05) is 5.48 Å². The van der Waals surface area contributed by atoms with Gasteiger partial charge in [0.25, 0.3) is 0 Å². The Morgan fingerprint density at radius 3 is 2.73 bits per heavy atom. The average Bonchev–Trinajstić information content (AvgIpc) is 2.60. The lowest BCUT2D eigenvalue weighted by molar-refractivity contribution is -0.0496. The van der Waals surface area contributed by atoms with E-state index in [9.17, 15) is 5.11 Å². The fourth-order valence-electron chi connectivity index (χ4n) is 2.74. The van der Waals surface area contributed by atoms with Crippen LogP contribution >= 0.6 is 0 Å². The maximum atomic E-state index is 9.41. The van der Waals surface area contributed by atoms with E-state index in [1.807, 2.05) is 0 Å². The summed E-state index contributed by atoms with van der Waals surface area (Å²) < 4.78 is 0. The maximum Gasteiger partial charge on any atom is 0.307 e. The number of rotatable bonds is 1. The van der Waals surface area contributed by atoms with E-state index in [2.05, 4.69) is 15.4 Å². The molecule has 3 saturated heterocycles. The highest BCUT2D eigenvalue weighted by molar-refractivity contribution is 5.80. The van der Waals surface area contributed by atoms with Crippen molar-refractivity contribution in [2.75, 3.05) is 19.6 Å². The Kier molecular flexibility index (Phi) is 2.00. The van der Waals surface area contributed by atoms with Gasteiger partial charge in [0.2, 0.25) is 5.90 Å². The van der Waals surface area contributed by atoms with Crippen molar-refractivity contribution in [3.63, 3.8) is 0 Å². The Balaban J connectivity index is 1.78. The summed E-state index contributed by atoms with van der Waals surface area (Å²) >= 11 is 0. The summed E-state index contributed by atoms with van der Waals surface area (Å²) in [6.07, 6.45) is 2.38. The molecule has 4 aliphatic heterocycles. The molecular formula is C9H16N4O2. The number of hydrogen-bond acceptors (Lipinski definition) is 6. The summed E-state index contributed by atoms with van der Waals surface area (Å²) in [6.45, 7) is 3.32. The van der Waals surface area contributed by atoms with Crippen LogP contribution in [-0.4, -0.2) is 41.5 Å². The van der Waals surface area contributed by atoms with Crippen molar-refractivity contribution >= 4 is 5.90 Å². The molecule has 15 heavy (non-hydrogen) atoms. The first-order chi connectivity index (χ1) is 7.14. The lowest BCUT2D eigenvalue weighted by atomic mass is 9.79. The molecule has 0 amide bonds. The van der Waals surface area contributed by atoms with Gasteiger partial charge in [-0.3, -0.25) is 5.73 Å². The van der Waals surface area contributed by atoms with Crippen LogP contribution < -0.4 is 11.2 Å². The van der Waals surface area contributed by atoms with E-state index in [1.165, 1.54) is 25.9 Å². The molecule has 84 valence electrons. The van der Waals surface area contributed by atoms with E-state index in [-0.39, 0.29) is 5.92 Å². The van der Waals surface area contributed by atoms with Crippen molar-refractivity contribution in [2.45, 2.75) is 18.8 Å². The summed E-state index contributed by atoms with van der Waals surface area (Å²) in [4.78, 5) is 11.5. The molecule has 0 aliphatic carbocycles. The zero-order chi connectivity index (χ0) is 10.5. The maximum absolute atomic E-state index is 9.41. The average molecular weight is 212 g/mol. The lowest BCUT2D eigenvalue weighted by Gasteiger charge is -2.43. The van der Waals surface area contributed by atoms with Crippen LogP contribution in [0.5, 0.6) is 0 Å². The molecule has 0 aromatic heterocycles. The molecule has 0 radical (unpaired) electrons. The first kappa shape index (κ1) is 9.53. The summed E-state index contributed by atoms with van der Waals surface area (Å²) in [5.41, 5.74) is 7.71. The third kappa shape index (κ3) is 1.63. The van der Waals surface area contributed by atoms with Crippen LogP contribution in [0.4, 0.5) is 0 Å². The van der Waals surface area contributed by atoms with Crippen molar-refractivity contribution in [2.24, 2.45) is 22.6 Å². The molecule has 0 saturated carbocycles. The highest BCUT2D eigenvalue weighted by Gasteiger charge is 2.42. The number of nitrogens with one attached hydrogen (secondary N) is 1. The van der Waals surface area contributed by atoms with Gasteiger partial charge < -0.3 is 14.8 Å². The molecule has 6 nitrogen and oxygen atoms in total. The van der Waals surface area contributed by atoms with E-state index in [1.54, 1.807) is 0 Å². The first-order valence-electron chi connectivity index (χ1n) is 5.41. The van der Waals surface area contributed by atoms with Gasteiger partial charge in [0.15, 0.2) is 0 Å².